The first kappa shape index (κ1) is 15.4. The van der Waals surface area contributed by atoms with Crippen molar-refractivity contribution < 1.29 is 4.74 Å². The molecular formula is C18H27NOS. The van der Waals surface area contributed by atoms with E-state index >= 15 is 0 Å². The van der Waals surface area contributed by atoms with Crippen molar-refractivity contribution in [1.29, 1.82) is 0 Å². The summed E-state index contributed by atoms with van der Waals surface area (Å²) in [5.41, 5.74) is 7.34. The van der Waals surface area contributed by atoms with Crippen molar-refractivity contribution in [2.75, 3.05) is 6.61 Å². The maximum Gasteiger partial charge on any atom is 0.0693 e. The lowest BCUT2D eigenvalue weighted by molar-refractivity contribution is -0.0970. The Labute approximate surface area is 132 Å². The first-order valence-corrected chi connectivity index (χ1v) is 9.21. The van der Waals surface area contributed by atoms with Crippen LogP contribution in [-0.4, -0.2) is 17.5 Å². The molecule has 2 N–H and O–H groups in total. The Kier molecular flexibility index (Phi) is 4.92. The van der Waals surface area contributed by atoms with Crippen molar-refractivity contribution in [2.45, 2.75) is 73.7 Å². The van der Waals surface area contributed by atoms with Gasteiger partial charge in [0.15, 0.2) is 0 Å². The summed E-state index contributed by atoms with van der Waals surface area (Å²) in [4.78, 5) is 1.37. The Hall–Kier alpha value is -0.510. The van der Waals surface area contributed by atoms with Crippen LogP contribution in [-0.2, 0) is 4.74 Å². The van der Waals surface area contributed by atoms with Crippen LogP contribution in [0.3, 0.4) is 0 Å². The van der Waals surface area contributed by atoms with E-state index in [0.717, 1.165) is 6.61 Å². The van der Waals surface area contributed by atoms with E-state index in [0.29, 0.717) is 5.25 Å². The largest absolute Gasteiger partial charge is 0.375 e. The second-order valence-electron chi connectivity index (χ2n) is 6.68. The Morgan fingerprint density at radius 1 is 1.19 bits per heavy atom. The van der Waals surface area contributed by atoms with Crippen molar-refractivity contribution >= 4 is 11.8 Å². The molecule has 0 amide bonds. The van der Waals surface area contributed by atoms with Crippen molar-refractivity contribution in [2.24, 2.45) is 5.73 Å². The number of thioether (sulfide) groups is 1. The minimum Gasteiger partial charge on any atom is -0.375 e. The summed E-state index contributed by atoms with van der Waals surface area (Å²) >= 11 is 2.03. The molecule has 3 rings (SSSR count). The molecule has 2 unspecified atom stereocenters. The molecule has 21 heavy (non-hydrogen) atoms. The van der Waals surface area contributed by atoms with Crippen LogP contribution >= 0.6 is 11.8 Å². The van der Waals surface area contributed by atoms with Gasteiger partial charge in [0.25, 0.3) is 0 Å². The van der Waals surface area contributed by atoms with Crippen LogP contribution in [0.1, 0.15) is 63.5 Å². The van der Waals surface area contributed by atoms with Crippen LogP contribution < -0.4 is 5.73 Å². The third-order valence-electron chi connectivity index (χ3n) is 4.92. The second kappa shape index (κ2) is 6.72. The number of rotatable bonds is 3. The fourth-order valence-electron chi connectivity index (χ4n) is 3.67. The molecule has 1 saturated heterocycles. The highest BCUT2D eigenvalue weighted by Gasteiger charge is 2.38. The lowest BCUT2D eigenvalue weighted by Gasteiger charge is -2.43. The Bertz CT molecular complexity index is 445. The smallest absolute Gasteiger partial charge is 0.0693 e. The molecule has 1 aliphatic heterocycles. The third-order valence-corrected chi connectivity index (χ3v) is 6.20. The van der Waals surface area contributed by atoms with Crippen molar-refractivity contribution in [3.05, 3.63) is 29.8 Å². The number of ether oxygens (including phenoxy) is 1. The zero-order valence-electron chi connectivity index (χ0n) is 13.0. The predicted molar refractivity (Wildman–Crippen MR) is 89.7 cm³/mol. The Balaban J connectivity index is 1.61. The topological polar surface area (TPSA) is 35.2 Å². The second-order valence-corrected chi connectivity index (χ2v) is 8.06. The number of hydrogen-bond acceptors (Lipinski definition) is 3. The van der Waals surface area contributed by atoms with E-state index < -0.39 is 0 Å². The van der Waals surface area contributed by atoms with E-state index in [1.807, 2.05) is 18.7 Å². The molecule has 0 radical (unpaired) electrons. The number of nitrogens with two attached hydrogens (primary N) is 1. The lowest BCUT2D eigenvalue weighted by Crippen LogP contribution is -2.42. The quantitative estimate of drug-likeness (QED) is 0.880. The van der Waals surface area contributed by atoms with Crippen LogP contribution in [0.25, 0.3) is 0 Å². The Morgan fingerprint density at radius 3 is 2.57 bits per heavy atom. The highest BCUT2D eigenvalue weighted by atomic mass is 32.2. The minimum absolute atomic E-state index is 0.123. The van der Waals surface area contributed by atoms with Crippen LogP contribution in [0, 0.1) is 0 Å². The van der Waals surface area contributed by atoms with Crippen LogP contribution in [0.4, 0.5) is 0 Å². The normalized spacial score (nSPS) is 26.7. The van der Waals surface area contributed by atoms with E-state index in [9.17, 15) is 0 Å². The molecule has 3 heteroatoms. The molecule has 1 aromatic rings. The average Bonchev–Trinajstić information content (AvgIpc) is 2.49. The first-order chi connectivity index (χ1) is 10.2. The molecule has 1 spiro atoms. The molecule has 2 aliphatic rings. The standard InChI is InChI=1S/C18H27NOS/c1-14(19)15-5-7-16(8-6-15)21-17-9-12-20-18(13-17)10-3-2-4-11-18/h5-8,14,17H,2-4,9-13,19H2,1H3. The fraction of sp³-hybridized carbons (Fsp3) is 0.667. The van der Waals surface area contributed by atoms with E-state index in [1.54, 1.807) is 0 Å². The summed E-state index contributed by atoms with van der Waals surface area (Å²) in [6.07, 6.45) is 9.04. The monoisotopic (exact) mass is 305 g/mol. The van der Waals surface area contributed by atoms with Gasteiger partial charge in [-0.1, -0.05) is 31.4 Å². The maximum absolute atomic E-state index is 6.20. The van der Waals surface area contributed by atoms with E-state index in [-0.39, 0.29) is 11.6 Å². The highest BCUT2D eigenvalue weighted by molar-refractivity contribution is 8.00. The van der Waals surface area contributed by atoms with Crippen molar-refractivity contribution in [3.63, 3.8) is 0 Å². The molecule has 1 aromatic carbocycles. The molecule has 2 fully saturated rings. The average molecular weight is 305 g/mol. The third kappa shape index (κ3) is 3.82. The summed E-state index contributed by atoms with van der Waals surface area (Å²) in [6, 6.07) is 8.92. The minimum atomic E-state index is 0.123. The van der Waals surface area contributed by atoms with Gasteiger partial charge < -0.3 is 10.5 Å². The molecule has 1 aliphatic carbocycles. The maximum atomic E-state index is 6.20. The lowest BCUT2D eigenvalue weighted by atomic mass is 9.80. The van der Waals surface area contributed by atoms with E-state index in [4.69, 9.17) is 10.5 Å². The van der Waals surface area contributed by atoms with Crippen LogP contribution in [0.2, 0.25) is 0 Å². The Morgan fingerprint density at radius 2 is 1.90 bits per heavy atom. The number of benzene rings is 1. The van der Waals surface area contributed by atoms with Gasteiger partial charge in [-0.2, -0.15) is 0 Å². The van der Waals surface area contributed by atoms with Gasteiger partial charge in [-0.15, -0.1) is 11.8 Å². The molecule has 0 aromatic heterocycles. The van der Waals surface area contributed by atoms with E-state index in [2.05, 4.69) is 24.3 Å². The molecule has 1 heterocycles. The summed E-state index contributed by atoms with van der Waals surface area (Å²) in [5.74, 6) is 0. The zero-order chi connectivity index (χ0) is 14.7. The zero-order valence-corrected chi connectivity index (χ0v) is 13.8. The van der Waals surface area contributed by atoms with Gasteiger partial charge in [-0.3, -0.25) is 0 Å². The van der Waals surface area contributed by atoms with Crippen molar-refractivity contribution in [1.82, 2.24) is 0 Å². The molecule has 2 atom stereocenters. The summed E-state index contributed by atoms with van der Waals surface area (Å²) in [5, 5.41) is 0.706. The fourth-order valence-corrected chi connectivity index (χ4v) is 4.95. The van der Waals surface area contributed by atoms with Gasteiger partial charge in [0.05, 0.1) is 5.60 Å². The van der Waals surface area contributed by atoms with Gasteiger partial charge in [-0.05, 0) is 50.3 Å². The molecular weight excluding hydrogens is 278 g/mol. The molecule has 0 bridgehead atoms. The summed E-state index contributed by atoms with van der Waals surface area (Å²) < 4.78 is 6.20. The van der Waals surface area contributed by atoms with Gasteiger partial charge in [-0.25, -0.2) is 0 Å². The molecule has 2 nitrogen and oxygen atoms in total. The van der Waals surface area contributed by atoms with Gasteiger partial charge in [0.1, 0.15) is 0 Å². The van der Waals surface area contributed by atoms with Gasteiger partial charge >= 0.3 is 0 Å². The summed E-state index contributed by atoms with van der Waals surface area (Å²) in [6.45, 7) is 2.98. The van der Waals surface area contributed by atoms with E-state index in [1.165, 1.54) is 55.4 Å². The molecule has 1 saturated carbocycles. The number of hydrogen-bond donors (Lipinski definition) is 1. The van der Waals surface area contributed by atoms with Crippen molar-refractivity contribution in [3.8, 4) is 0 Å². The molecule has 116 valence electrons. The van der Waals surface area contributed by atoms with Gasteiger partial charge in [0.2, 0.25) is 0 Å². The van der Waals surface area contributed by atoms with Crippen LogP contribution in [0.15, 0.2) is 29.2 Å². The SMILES string of the molecule is CC(N)c1ccc(SC2CCOC3(CCCCC3)C2)cc1. The predicted octanol–water partition coefficient (Wildman–Crippen LogP) is 4.68. The van der Waals surface area contributed by atoms with Gasteiger partial charge in [0, 0.05) is 22.8 Å². The summed E-state index contributed by atoms with van der Waals surface area (Å²) in [7, 11) is 0. The van der Waals surface area contributed by atoms with Crippen LogP contribution in [0.5, 0.6) is 0 Å². The highest BCUT2D eigenvalue weighted by Crippen LogP contribution is 2.43. The first-order valence-electron chi connectivity index (χ1n) is 8.33.